The SMILES string of the molecule is CN1CCN(C)C(C(Cc2cccnc2N)NN)C1. The van der Waals surface area contributed by atoms with Crippen molar-refractivity contribution in [1.29, 1.82) is 0 Å². The first-order valence-electron chi connectivity index (χ1n) is 6.66. The van der Waals surface area contributed by atoms with Gasteiger partial charge in [-0.1, -0.05) is 6.07 Å². The average Bonchev–Trinajstić information content (AvgIpc) is 2.41. The summed E-state index contributed by atoms with van der Waals surface area (Å²) in [7, 11) is 4.29. The molecule has 5 N–H and O–H groups in total. The molecule has 2 heterocycles. The Hall–Kier alpha value is -1.21. The zero-order valence-electron chi connectivity index (χ0n) is 11.7. The van der Waals surface area contributed by atoms with Crippen molar-refractivity contribution in [1.82, 2.24) is 20.2 Å². The van der Waals surface area contributed by atoms with Crippen LogP contribution in [0.15, 0.2) is 18.3 Å². The van der Waals surface area contributed by atoms with E-state index >= 15 is 0 Å². The van der Waals surface area contributed by atoms with Crippen LogP contribution in [-0.4, -0.2) is 60.6 Å². The summed E-state index contributed by atoms with van der Waals surface area (Å²) >= 11 is 0. The molecule has 1 aromatic rings. The summed E-state index contributed by atoms with van der Waals surface area (Å²) in [6.07, 6.45) is 2.50. The number of piperazine rings is 1. The van der Waals surface area contributed by atoms with E-state index in [1.165, 1.54) is 0 Å². The Bertz CT molecular complexity index is 410. The van der Waals surface area contributed by atoms with Crippen molar-refractivity contribution in [3.05, 3.63) is 23.9 Å². The Balaban J connectivity index is 2.09. The Morgan fingerprint density at radius 2 is 2.26 bits per heavy atom. The number of nitrogens with zero attached hydrogens (tertiary/aromatic N) is 3. The van der Waals surface area contributed by atoms with Gasteiger partial charge in [0.2, 0.25) is 0 Å². The van der Waals surface area contributed by atoms with Crippen molar-refractivity contribution in [2.24, 2.45) is 5.84 Å². The quantitative estimate of drug-likeness (QED) is 0.492. The monoisotopic (exact) mass is 264 g/mol. The Morgan fingerprint density at radius 3 is 2.95 bits per heavy atom. The van der Waals surface area contributed by atoms with E-state index in [1.54, 1.807) is 6.20 Å². The minimum atomic E-state index is 0.166. The van der Waals surface area contributed by atoms with Gasteiger partial charge in [0.05, 0.1) is 0 Å². The Kier molecular flexibility index (Phi) is 4.71. The van der Waals surface area contributed by atoms with Gasteiger partial charge < -0.3 is 10.6 Å². The third-order valence-corrected chi connectivity index (χ3v) is 3.94. The predicted octanol–water partition coefficient (Wildman–Crippen LogP) is -0.716. The molecule has 0 radical (unpaired) electrons. The van der Waals surface area contributed by atoms with E-state index in [1.807, 2.05) is 12.1 Å². The smallest absolute Gasteiger partial charge is 0.126 e. The van der Waals surface area contributed by atoms with Crippen LogP contribution in [0.25, 0.3) is 0 Å². The lowest BCUT2D eigenvalue weighted by Crippen LogP contribution is -2.60. The van der Waals surface area contributed by atoms with Gasteiger partial charge in [0.15, 0.2) is 0 Å². The Morgan fingerprint density at radius 1 is 1.47 bits per heavy atom. The lowest BCUT2D eigenvalue weighted by molar-refractivity contribution is 0.0877. The van der Waals surface area contributed by atoms with Crippen LogP contribution in [0.2, 0.25) is 0 Å². The molecule has 0 aromatic carbocycles. The zero-order chi connectivity index (χ0) is 13.8. The lowest BCUT2D eigenvalue weighted by Gasteiger charge is -2.41. The van der Waals surface area contributed by atoms with Crippen LogP contribution in [0.1, 0.15) is 5.56 Å². The van der Waals surface area contributed by atoms with Crippen molar-refractivity contribution in [2.75, 3.05) is 39.5 Å². The standard InChI is InChI=1S/C13H24N6/c1-18-6-7-19(2)12(9-18)11(17-15)8-10-4-3-5-16-13(10)14/h3-5,11-12,17H,6-9,15H2,1-2H3,(H2,14,16). The number of hydrogen-bond acceptors (Lipinski definition) is 6. The van der Waals surface area contributed by atoms with E-state index in [-0.39, 0.29) is 6.04 Å². The van der Waals surface area contributed by atoms with Crippen LogP contribution in [0.4, 0.5) is 5.82 Å². The molecule has 2 rings (SSSR count). The van der Waals surface area contributed by atoms with Crippen molar-refractivity contribution >= 4 is 5.82 Å². The molecule has 1 saturated heterocycles. The highest BCUT2D eigenvalue weighted by molar-refractivity contribution is 5.39. The molecule has 2 unspecified atom stereocenters. The highest BCUT2D eigenvalue weighted by Gasteiger charge is 2.29. The van der Waals surface area contributed by atoms with Gasteiger partial charge in [0.1, 0.15) is 5.82 Å². The largest absolute Gasteiger partial charge is 0.383 e. The summed E-state index contributed by atoms with van der Waals surface area (Å²) in [5.74, 6) is 6.34. The van der Waals surface area contributed by atoms with E-state index in [2.05, 4.69) is 34.3 Å². The highest BCUT2D eigenvalue weighted by Crippen LogP contribution is 2.16. The van der Waals surface area contributed by atoms with Gasteiger partial charge in [-0.3, -0.25) is 16.2 Å². The molecule has 1 fully saturated rings. The summed E-state index contributed by atoms with van der Waals surface area (Å²) in [6, 6.07) is 4.47. The van der Waals surface area contributed by atoms with Crippen LogP contribution < -0.4 is 17.0 Å². The normalized spacial score (nSPS) is 23.4. The summed E-state index contributed by atoms with van der Waals surface area (Å²) in [5, 5.41) is 0. The lowest BCUT2D eigenvalue weighted by atomic mass is 9.97. The van der Waals surface area contributed by atoms with Gasteiger partial charge in [-0.2, -0.15) is 0 Å². The van der Waals surface area contributed by atoms with Crippen molar-refractivity contribution in [2.45, 2.75) is 18.5 Å². The van der Waals surface area contributed by atoms with E-state index in [0.29, 0.717) is 11.9 Å². The van der Waals surface area contributed by atoms with Gasteiger partial charge >= 0.3 is 0 Å². The number of aromatic nitrogens is 1. The number of hydrazine groups is 1. The number of rotatable bonds is 4. The third-order valence-electron chi connectivity index (χ3n) is 3.94. The maximum absolute atomic E-state index is 5.91. The first-order valence-corrected chi connectivity index (χ1v) is 6.66. The van der Waals surface area contributed by atoms with Gasteiger partial charge in [0.25, 0.3) is 0 Å². The third kappa shape index (κ3) is 3.42. The fourth-order valence-electron chi connectivity index (χ4n) is 2.65. The maximum Gasteiger partial charge on any atom is 0.126 e. The molecule has 1 aromatic heterocycles. The highest BCUT2D eigenvalue weighted by atomic mass is 15.3. The first kappa shape index (κ1) is 14.2. The number of nitrogens with two attached hydrogens (primary N) is 2. The van der Waals surface area contributed by atoms with Crippen LogP contribution >= 0.6 is 0 Å². The zero-order valence-corrected chi connectivity index (χ0v) is 11.7. The van der Waals surface area contributed by atoms with Crippen molar-refractivity contribution in [3.8, 4) is 0 Å². The van der Waals surface area contributed by atoms with Crippen molar-refractivity contribution < 1.29 is 0 Å². The minimum absolute atomic E-state index is 0.166. The molecule has 0 bridgehead atoms. The summed E-state index contributed by atoms with van der Waals surface area (Å²) in [6.45, 7) is 3.16. The van der Waals surface area contributed by atoms with Gasteiger partial charge in [0, 0.05) is 37.9 Å². The Labute approximate surface area is 114 Å². The molecular formula is C13H24N6. The summed E-state index contributed by atoms with van der Waals surface area (Å²) < 4.78 is 0. The van der Waals surface area contributed by atoms with Crippen LogP contribution in [0, 0.1) is 0 Å². The first-order chi connectivity index (χ1) is 9.11. The van der Waals surface area contributed by atoms with Crippen LogP contribution in [-0.2, 0) is 6.42 Å². The van der Waals surface area contributed by atoms with Gasteiger partial charge in [-0.05, 0) is 32.1 Å². The van der Waals surface area contributed by atoms with E-state index in [4.69, 9.17) is 11.6 Å². The van der Waals surface area contributed by atoms with Gasteiger partial charge in [-0.15, -0.1) is 0 Å². The number of nitrogens with one attached hydrogen (secondary N) is 1. The van der Waals surface area contributed by atoms with E-state index < -0.39 is 0 Å². The molecule has 2 atom stereocenters. The maximum atomic E-state index is 5.91. The van der Waals surface area contributed by atoms with Gasteiger partial charge in [-0.25, -0.2) is 4.98 Å². The molecule has 106 valence electrons. The molecule has 6 nitrogen and oxygen atoms in total. The molecule has 1 aliphatic rings. The second kappa shape index (κ2) is 6.29. The fourth-order valence-corrected chi connectivity index (χ4v) is 2.65. The van der Waals surface area contributed by atoms with E-state index in [0.717, 1.165) is 31.6 Å². The van der Waals surface area contributed by atoms with Crippen LogP contribution in [0.5, 0.6) is 0 Å². The molecular weight excluding hydrogens is 240 g/mol. The topological polar surface area (TPSA) is 83.4 Å². The number of nitrogen functional groups attached to an aromatic ring is 1. The van der Waals surface area contributed by atoms with Crippen molar-refractivity contribution in [3.63, 3.8) is 0 Å². The predicted molar refractivity (Wildman–Crippen MR) is 77.4 cm³/mol. The number of anilines is 1. The van der Waals surface area contributed by atoms with E-state index in [9.17, 15) is 0 Å². The number of pyridine rings is 1. The minimum Gasteiger partial charge on any atom is -0.383 e. The fraction of sp³-hybridized carbons (Fsp3) is 0.615. The van der Waals surface area contributed by atoms with Crippen LogP contribution in [0.3, 0.4) is 0 Å². The molecule has 0 saturated carbocycles. The molecule has 1 aliphatic heterocycles. The molecule has 0 spiro atoms. The molecule has 6 heteroatoms. The summed E-state index contributed by atoms with van der Waals surface area (Å²) in [5.41, 5.74) is 9.91. The second-order valence-electron chi connectivity index (χ2n) is 5.34. The number of hydrogen-bond donors (Lipinski definition) is 3. The molecule has 19 heavy (non-hydrogen) atoms. The summed E-state index contributed by atoms with van der Waals surface area (Å²) in [4.78, 5) is 8.82. The second-order valence-corrected chi connectivity index (χ2v) is 5.34. The number of likely N-dealkylation sites (N-methyl/N-ethyl adjacent to an activating group) is 2. The molecule has 0 aliphatic carbocycles. The average molecular weight is 264 g/mol. The molecule has 0 amide bonds.